The lowest BCUT2D eigenvalue weighted by Gasteiger charge is -2.36. The van der Waals surface area contributed by atoms with E-state index in [-0.39, 0.29) is 0 Å². The number of thioether (sulfide) groups is 2. The van der Waals surface area contributed by atoms with E-state index in [4.69, 9.17) is 0 Å². The van der Waals surface area contributed by atoms with Gasteiger partial charge in [0.05, 0.1) is 4.08 Å². The first-order valence-electron chi connectivity index (χ1n) is 6.70. The Morgan fingerprint density at radius 3 is 2.44 bits per heavy atom. The van der Waals surface area contributed by atoms with Crippen molar-refractivity contribution in [2.75, 3.05) is 11.5 Å². The van der Waals surface area contributed by atoms with Crippen LogP contribution in [0, 0.1) is 0 Å². The van der Waals surface area contributed by atoms with Gasteiger partial charge in [-0.2, -0.15) is 0 Å². The number of rotatable bonds is 4. The van der Waals surface area contributed by atoms with Crippen molar-refractivity contribution in [3.63, 3.8) is 0 Å². The van der Waals surface area contributed by atoms with Gasteiger partial charge in [-0.25, -0.2) is 0 Å². The minimum absolute atomic E-state index is 0.297. The highest BCUT2D eigenvalue weighted by Crippen LogP contribution is 2.53. The molecule has 0 saturated carbocycles. The first kappa shape index (κ1) is 14.1. The molecule has 1 aromatic carbocycles. The molecule has 0 unspecified atom stereocenters. The molecule has 2 rings (SSSR count). The lowest BCUT2D eigenvalue weighted by molar-refractivity contribution is 0.759. The monoisotopic (exact) mass is 278 g/mol. The van der Waals surface area contributed by atoms with Gasteiger partial charge in [0.15, 0.2) is 0 Å². The van der Waals surface area contributed by atoms with Crippen LogP contribution in [0.15, 0.2) is 42.0 Å². The molecule has 1 aliphatic rings. The molecule has 2 heteroatoms. The second-order valence-electron chi connectivity index (χ2n) is 4.99. The molecular formula is C16H22S2. The summed E-state index contributed by atoms with van der Waals surface area (Å²) in [5.74, 6) is 2.60. The van der Waals surface area contributed by atoms with Crippen molar-refractivity contribution in [1.29, 1.82) is 0 Å². The molecule has 1 aromatic rings. The van der Waals surface area contributed by atoms with Crippen LogP contribution < -0.4 is 0 Å². The molecule has 0 aliphatic carbocycles. The summed E-state index contributed by atoms with van der Waals surface area (Å²) in [5, 5.41) is 0. The van der Waals surface area contributed by atoms with Gasteiger partial charge in [-0.15, -0.1) is 23.5 Å². The molecule has 18 heavy (non-hydrogen) atoms. The highest BCUT2D eigenvalue weighted by Gasteiger charge is 2.34. The summed E-state index contributed by atoms with van der Waals surface area (Å²) >= 11 is 4.30. The fourth-order valence-corrected chi connectivity index (χ4v) is 5.66. The Morgan fingerprint density at radius 2 is 1.83 bits per heavy atom. The largest absolute Gasteiger partial charge is 0.139 e. The van der Waals surface area contributed by atoms with Crippen LogP contribution >= 0.6 is 23.5 Å². The summed E-state index contributed by atoms with van der Waals surface area (Å²) in [6.45, 7) is 4.38. The molecule has 0 atom stereocenters. The SMILES string of the molecule is CC(C)=CCCC1(c2ccccc2)SCCCS1. The van der Waals surface area contributed by atoms with Gasteiger partial charge in [-0.1, -0.05) is 42.0 Å². The van der Waals surface area contributed by atoms with Gasteiger partial charge in [0.2, 0.25) is 0 Å². The highest BCUT2D eigenvalue weighted by atomic mass is 32.2. The zero-order valence-corrected chi connectivity index (χ0v) is 12.9. The van der Waals surface area contributed by atoms with E-state index in [1.165, 1.54) is 41.9 Å². The van der Waals surface area contributed by atoms with Crippen molar-refractivity contribution in [1.82, 2.24) is 0 Å². The molecule has 98 valence electrons. The average Bonchev–Trinajstić information content (AvgIpc) is 2.40. The highest BCUT2D eigenvalue weighted by molar-refractivity contribution is 8.18. The molecule has 1 aliphatic heterocycles. The van der Waals surface area contributed by atoms with Crippen molar-refractivity contribution in [2.45, 2.75) is 37.2 Å². The summed E-state index contributed by atoms with van der Waals surface area (Å²) in [5.41, 5.74) is 2.94. The van der Waals surface area contributed by atoms with Crippen LogP contribution in [0.5, 0.6) is 0 Å². The molecule has 1 heterocycles. The van der Waals surface area contributed by atoms with Crippen molar-refractivity contribution < 1.29 is 0 Å². The Labute approximate surface area is 120 Å². The smallest absolute Gasteiger partial charge is 0.0863 e. The van der Waals surface area contributed by atoms with Crippen LogP contribution in [-0.2, 0) is 4.08 Å². The number of allylic oxidation sites excluding steroid dienone is 2. The molecule has 0 amide bonds. The molecule has 0 N–H and O–H groups in total. The number of hydrogen-bond donors (Lipinski definition) is 0. The molecule has 0 nitrogen and oxygen atoms in total. The van der Waals surface area contributed by atoms with Gasteiger partial charge in [0.25, 0.3) is 0 Å². The minimum atomic E-state index is 0.297. The van der Waals surface area contributed by atoms with E-state index >= 15 is 0 Å². The third-order valence-corrected chi connectivity index (χ3v) is 6.70. The summed E-state index contributed by atoms with van der Waals surface area (Å²) < 4.78 is 0.297. The predicted octanol–water partition coefficient (Wildman–Crippen LogP) is 5.46. The first-order chi connectivity index (χ1) is 8.73. The van der Waals surface area contributed by atoms with Crippen LogP contribution in [0.25, 0.3) is 0 Å². The molecule has 1 fully saturated rings. The van der Waals surface area contributed by atoms with Crippen LogP contribution in [0.3, 0.4) is 0 Å². The van der Waals surface area contributed by atoms with E-state index in [1.54, 1.807) is 0 Å². The normalized spacial score (nSPS) is 18.3. The Morgan fingerprint density at radius 1 is 1.17 bits per heavy atom. The maximum atomic E-state index is 2.38. The van der Waals surface area contributed by atoms with Crippen molar-refractivity contribution in [3.8, 4) is 0 Å². The van der Waals surface area contributed by atoms with Gasteiger partial charge in [-0.3, -0.25) is 0 Å². The van der Waals surface area contributed by atoms with Crippen LogP contribution in [0.1, 0.15) is 38.7 Å². The Bertz CT molecular complexity index is 385. The molecule has 1 saturated heterocycles. The fourth-order valence-electron chi connectivity index (χ4n) is 2.27. The molecule has 0 bridgehead atoms. The molecule has 0 radical (unpaired) electrons. The van der Waals surface area contributed by atoms with Gasteiger partial charge < -0.3 is 0 Å². The van der Waals surface area contributed by atoms with Crippen LogP contribution in [0.4, 0.5) is 0 Å². The minimum Gasteiger partial charge on any atom is -0.139 e. The van der Waals surface area contributed by atoms with Gasteiger partial charge in [-0.05, 0) is 50.2 Å². The lowest BCUT2D eigenvalue weighted by Crippen LogP contribution is -2.22. The molecule has 0 aromatic heterocycles. The first-order valence-corrected chi connectivity index (χ1v) is 8.67. The third kappa shape index (κ3) is 3.58. The van der Waals surface area contributed by atoms with Gasteiger partial charge >= 0.3 is 0 Å². The van der Waals surface area contributed by atoms with Gasteiger partial charge in [0.1, 0.15) is 0 Å². The predicted molar refractivity (Wildman–Crippen MR) is 86.3 cm³/mol. The van der Waals surface area contributed by atoms with E-state index in [0.29, 0.717) is 4.08 Å². The van der Waals surface area contributed by atoms with Gasteiger partial charge in [0, 0.05) is 0 Å². The van der Waals surface area contributed by atoms with Crippen molar-refractivity contribution in [2.24, 2.45) is 0 Å². The lowest BCUT2D eigenvalue weighted by atomic mass is 10.1. The van der Waals surface area contributed by atoms with E-state index in [1.807, 2.05) is 0 Å². The number of hydrogen-bond acceptors (Lipinski definition) is 2. The van der Waals surface area contributed by atoms with E-state index in [0.717, 1.165) is 0 Å². The van der Waals surface area contributed by atoms with Crippen LogP contribution in [0.2, 0.25) is 0 Å². The summed E-state index contributed by atoms with van der Waals surface area (Å²) in [6.07, 6.45) is 6.17. The third-order valence-electron chi connectivity index (χ3n) is 3.20. The maximum Gasteiger partial charge on any atom is 0.0863 e. The summed E-state index contributed by atoms with van der Waals surface area (Å²) in [7, 11) is 0. The zero-order chi connectivity index (χ0) is 12.8. The Balaban J connectivity index is 2.15. The van der Waals surface area contributed by atoms with Crippen molar-refractivity contribution >= 4 is 23.5 Å². The standard InChI is InChI=1S/C16H22S2/c1-14(2)8-6-11-16(17-12-7-13-18-16)15-9-4-3-5-10-15/h3-5,8-10H,6-7,11-13H2,1-2H3. The second-order valence-corrected chi connectivity index (χ2v) is 8.04. The quantitative estimate of drug-likeness (QED) is 0.671. The summed E-state index contributed by atoms with van der Waals surface area (Å²) in [4.78, 5) is 0. The van der Waals surface area contributed by atoms with E-state index < -0.39 is 0 Å². The Hall–Kier alpha value is -0.340. The van der Waals surface area contributed by atoms with E-state index in [9.17, 15) is 0 Å². The Kier molecular flexibility index (Phi) is 5.25. The molecular weight excluding hydrogens is 256 g/mol. The average molecular weight is 278 g/mol. The zero-order valence-electron chi connectivity index (χ0n) is 11.3. The maximum absolute atomic E-state index is 2.38. The van der Waals surface area contributed by atoms with Crippen molar-refractivity contribution in [3.05, 3.63) is 47.5 Å². The topological polar surface area (TPSA) is 0 Å². The summed E-state index contributed by atoms with van der Waals surface area (Å²) in [6, 6.07) is 11.1. The number of benzene rings is 1. The fraction of sp³-hybridized carbons (Fsp3) is 0.500. The molecule has 0 spiro atoms. The van der Waals surface area contributed by atoms with E-state index in [2.05, 4.69) is 73.8 Å². The van der Waals surface area contributed by atoms with Crippen LogP contribution in [-0.4, -0.2) is 11.5 Å². The second kappa shape index (κ2) is 6.72.